The zero-order valence-corrected chi connectivity index (χ0v) is 11.1. The SMILES string of the molecule is CCOc1ccc(CN(C)C(C)C)cc1C. The Hall–Kier alpha value is -1.02. The van der Waals surface area contributed by atoms with Crippen molar-refractivity contribution in [3.8, 4) is 5.75 Å². The predicted molar refractivity (Wildman–Crippen MR) is 69.0 cm³/mol. The minimum absolute atomic E-state index is 0.576. The number of hydrogen-bond donors (Lipinski definition) is 0. The maximum Gasteiger partial charge on any atom is 0.122 e. The van der Waals surface area contributed by atoms with Crippen LogP contribution in [-0.4, -0.2) is 24.6 Å². The maximum absolute atomic E-state index is 5.53. The van der Waals surface area contributed by atoms with Crippen molar-refractivity contribution in [1.29, 1.82) is 0 Å². The Bertz CT molecular complexity index is 334. The normalized spacial score (nSPS) is 11.2. The van der Waals surface area contributed by atoms with Crippen LogP contribution >= 0.6 is 0 Å². The Kier molecular flexibility index (Phi) is 4.81. The first kappa shape index (κ1) is 13.0. The molecule has 0 heterocycles. The topological polar surface area (TPSA) is 12.5 Å². The highest BCUT2D eigenvalue weighted by atomic mass is 16.5. The fourth-order valence-electron chi connectivity index (χ4n) is 1.60. The lowest BCUT2D eigenvalue weighted by Crippen LogP contribution is -2.25. The zero-order valence-electron chi connectivity index (χ0n) is 11.1. The van der Waals surface area contributed by atoms with Crippen LogP contribution in [0.1, 0.15) is 31.9 Å². The average Bonchev–Trinajstić information content (AvgIpc) is 2.22. The summed E-state index contributed by atoms with van der Waals surface area (Å²) in [6.45, 7) is 10.3. The third-order valence-corrected chi connectivity index (χ3v) is 2.85. The van der Waals surface area contributed by atoms with E-state index in [0.29, 0.717) is 6.04 Å². The number of rotatable bonds is 5. The van der Waals surface area contributed by atoms with Crippen molar-refractivity contribution in [2.24, 2.45) is 0 Å². The van der Waals surface area contributed by atoms with Crippen LogP contribution in [0.15, 0.2) is 18.2 Å². The Balaban J connectivity index is 2.73. The van der Waals surface area contributed by atoms with Gasteiger partial charge in [0.2, 0.25) is 0 Å². The molecule has 0 spiro atoms. The minimum Gasteiger partial charge on any atom is -0.494 e. The molecule has 16 heavy (non-hydrogen) atoms. The van der Waals surface area contributed by atoms with Crippen molar-refractivity contribution in [3.05, 3.63) is 29.3 Å². The molecule has 0 radical (unpaired) electrons. The first-order valence-electron chi connectivity index (χ1n) is 5.97. The van der Waals surface area contributed by atoms with Crippen LogP contribution in [-0.2, 0) is 6.54 Å². The first-order chi connectivity index (χ1) is 7.54. The lowest BCUT2D eigenvalue weighted by molar-refractivity contribution is 0.265. The van der Waals surface area contributed by atoms with E-state index in [4.69, 9.17) is 4.74 Å². The van der Waals surface area contributed by atoms with Crippen LogP contribution in [0.25, 0.3) is 0 Å². The second-order valence-electron chi connectivity index (χ2n) is 4.54. The Morgan fingerprint density at radius 1 is 1.31 bits per heavy atom. The van der Waals surface area contributed by atoms with E-state index in [0.717, 1.165) is 18.9 Å². The molecule has 0 saturated carbocycles. The molecule has 0 saturated heterocycles. The molecular weight excluding hydrogens is 198 g/mol. The summed E-state index contributed by atoms with van der Waals surface area (Å²) in [5.74, 6) is 0.999. The Labute approximate surface area is 99.2 Å². The van der Waals surface area contributed by atoms with Gasteiger partial charge in [0.15, 0.2) is 0 Å². The molecule has 0 bridgehead atoms. The summed E-state index contributed by atoms with van der Waals surface area (Å²) in [5.41, 5.74) is 2.56. The van der Waals surface area contributed by atoms with Gasteiger partial charge in [0.1, 0.15) is 5.75 Å². The molecule has 0 fully saturated rings. The number of hydrogen-bond acceptors (Lipinski definition) is 2. The van der Waals surface area contributed by atoms with Crippen LogP contribution in [0, 0.1) is 6.92 Å². The third-order valence-electron chi connectivity index (χ3n) is 2.85. The van der Waals surface area contributed by atoms with Crippen molar-refractivity contribution in [3.63, 3.8) is 0 Å². The highest BCUT2D eigenvalue weighted by Gasteiger charge is 2.06. The van der Waals surface area contributed by atoms with Crippen LogP contribution < -0.4 is 4.74 Å². The van der Waals surface area contributed by atoms with Crippen LogP contribution in [0.2, 0.25) is 0 Å². The van der Waals surface area contributed by atoms with Gasteiger partial charge in [-0.15, -0.1) is 0 Å². The first-order valence-corrected chi connectivity index (χ1v) is 5.97. The molecule has 0 unspecified atom stereocenters. The monoisotopic (exact) mass is 221 g/mol. The van der Waals surface area contributed by atoms with Crippen molar-refractivity contribution in [2.45, 2.75) is 40.3 Å². The molecule has 0 aliphatic heterocycles. The fourth-order valence-corrected chi connectivity index (χ4v) is 1.60. The largest absolute Gasteiger partial charge is 0.494 e. The number of benzene rings is 1. The predicted octanol–water partition coefficient (Wildman–Crippen LogP) is 3.23. The zero-order chi connectivity index (χ0) is 12.1. The number of aryl methyl sites for hydroxylation is 1. The highest BCUT2D eigenvalue weighted by molar-refractivity contribution is 5.36. The van der Waals surface area contributed by atoms with E-state index >= 15 is 0 Å². The maximum atomic E-state index is 5.53. The molecule has 1 aromatic rings. The Morgan fingerprint density at radius 2 is 2.00 bits per heavy atom. The van der Waals surface area contributed by atoms with E-state index in [9.17, 15) is 0 Å². The molecule has 0 N–H and O–H groups in total. The molecule has 0 amide bonds. The molecule has 2 heteroatoms. The fraction of sp³-hybridized carbons (Fsp3) is 0.571. The molecule has 0 aromatic heterocycles. The van der Waals surface area contributed by atoms with Crippen LogP contribution in [0.4, 0.5) is 0 Å². The molecule has 1 aromatic carbocycles. The van der Waals surface area contributed by atoms with Gasteiger partial charge in [-0.1, -0.05) is 12.1 Å². The lowest BCUT2D eigenvalue weighted by Gasteiger charge is -2.21. The van der Waals surface area contributed by atoms with E-state index < -0.39 is 0 Å². The van der Waals surface area contributed by atoms with Gasteiger partial charge < -0.3 is 4.74 Å². The summed E-state index contributed by atoms with van der Waals surface area (Å²) < 4.78 is 5.53. The number of nitrogens with zero attached hydrogens (tertiary/aromatic N) is 1. The molecule has 1 rings (SSSR count). The van der Waals surface area contributed by atoms with E-state index in [-0.39, 0.29) is 0 Å². The van der Waals surface area contributed by atoms with Crippen LogP contribution in [0.3, 0.4) is 0 Å². The van der Waals surface area contributed by atoms with E-state index in [1.54, 1.807) is 0 Å². The van der Waals surface area contributed by atoms with E-state index in [1.807, 2.05) is 6.92 Å². The van der Waals surface area contributed by atoms with Gasteiger partial charge in [-0.05, 0) is 51.9 Å². The van der Waals surface area contributed by atoms with Gasteiger partial charge in [-0.3, -0.25) is 4.90 Å². The Morgan fingerprint density at radius 3 is 2.50 bits per heavy atom. The second-order valence-corrected chi connectivity index (χ2v) is 4.54. The minimum atomic E-state index is 0.576. The van der Waals surface area contributed by atoms with Crippen molar-refractivity contribution in [1.82, 2.24) is 4.90 Å². The summed E-state index contributed by atoms with van der Waals surface area (Å²) in [6.07, 6.45) is 0. The smallest absolute Gasteiger partial charge is 0.122 e. The van der Waals surface area contributed by atoms with E-state index in [1.165, 1.54) is 11.1 Å². The summed E-state index contributed by atoms with van der Waals surface area (Å²) in [5, 5.41) is 0. The third kappa shape index (κ3) is 3.53. The summed E-state index contributed by atoms with van der Waals surface area (Å²) in [6, 6.07) is 7.01. The van der Waals surface area contributed by atoms with Gasteiger partial charge in [0.05, 0.1) is 6.61 Å². The summed E-state index contributed by atoms with van der Waals surface area (Å²) in [4.78, 5) is 2.33. The second kappa shape index (κ2) is 5.90. The van der Waals surface area contributed by atoms with Crippen LogP contribution in [0.5, 0.6) is 5.75 Å². The molecule has 0 atom stereocenters. The molecular formula is C14H23NO. The van der Waals surface area contributed by atoms with Gasteiger partial charge in [-0.2, -0.15) is 0 Å². The van der Waals surface area contributed by atoms with Gasteiger partial charge in [0, 0.05) is 12.6 Å². The summed E-state index contributed by atoms with van der Waals surface area (Å²) >= 11 is 0. The number of ether oxygens (including phenoxy) is 1. The molecule has 90 valence electrons. The standard InChI is InChI=1S/C14H23NO/c1-6-16-14-8-7-13(9-12(14)4)10-15(5)11(2)3/h7-9,11H,6,10H2,1-5H3. The van der Waals surface area contributed by atoms with Gasteiger partial charge >= 0.3 is 0 Å². The van der Waals surface area contributed by atoms with Crippen molar-refractivity contribution in [2.75, 3.05) is 13.7 Å². The summed E-state index contributed by atoms with van der Waals surface area (Å²) in [7, 11) is 2.15. The quantitative estimate of drug-likeness (QED) is 0.757. The molecule has 0 aliphatic carbocycles. The molecule has 2 nitrogen and oxygen atoms in total. The van der Waals surface area contributed by atoms with Gasteiger partial charge in [-0.25, -0.2) is 0 Å². The lowest BCUT2D eigenvalue weighted by atomic mass is 10.1. The average molecular weight is 221 g/mol. The molecule has 0 aliphatic rings. The van der Waals surface area contributed by atoms with Crippen molar-refractivity contribution >= 4 is 0 Å². The van der Waals surface area contributed by atoms with Crippen molar-refractivity contribution < 1.29 is 4.74 Å². The van der Waals surface area contributed by atoms with Gasteiger partial charge in [0.25, 0.3) is 0 Å². The highest BCUT2D eigenvalue weighted by Crippen LogP contribution is 2.20. The van der Waals surface area contributed by atoms with E-state index in [2.05, 4.69) is 50.9 Å².